The summed E-state index contributed by atoms with van der Waals surface area (Å²) in [5.74, 6) is 1.19. The molecule has 3 aromatic heterocycles. The highest BCUT2D eigenvalue weighted by atomic mass is 32.2. The number of fused-ring (bicyclic) bond motifs is 1. The topological polar surface area (TPSA) is 116 Å². The van der Waals surface area contributed by atoms with E-state index >= 15 is 0 Å². The molecule has 0 fully saturated rings. The molecule has 0 spiro atoms. The molecule has 11 heteroatoms. The number of carbonyl (C=O) groups is 1. The summed E-state index contributed by atoms with van der Waals surface area (Å²) in [5.41, 5.74) is 4.14. The van der Waals surface area contributed by atoms with Crippen LogP contribution < -0.4 is 10.0 Å². The molecule has 224 valence electrons. The lowest BCUT2D eigenvalue weighted by Gasteiger charge is -2.16. The Balaban J connectivity index is 1.59. The Morgan fingerprint density at radius 2 is 1.86 bits per heavy atom. The van der Waals surface area contributed by atoms with E-state index in [4.69, 9.17) is 14.2 Å². The number of hydrogen-bond donors (Lipinski definition) is 1. The summed E-state index contributed by atoms with van der Waals surface area (Å²) in [6, 6.07) is 15.8. The second-order valence-corrected chi connectivity index (χ2v) is 11.4. The van der Waals surface area contributed by atoms with Crippen LogP contribution in [0, 0.1) is 20.8 Å². The van der Waals surface area contributed by atoms with Gasteiger partial charge in [-0.3, -0.25) is 19.4 Å². The van der Waals surface area contributed by atoms with Gasteiger partial charge in [0.1, 0.15) is 11.6 Å². The van der Waals surface area contributed by atoms with Crippen LogP contribution in [-0.4, -0.2) is 37.6 Å². The Morgan fingerprint density at radius 3 is 2.58 bits per heavy atom. The summed E-state index contributed by atoms with van der Waals surface area (Å²) in [5, 5.41) is 15.9. The number of aryl methyl sites for hydroxylation is 3. The third kappa shape index (κ3) is 6.09. The fraction of sp³-hybridized carbons (Fsp3) is 0.312. The average molecular weight is 602 g/mol. The highest BCUT2D eigenvalue weighted by Crippen LogP contribution is 2.35. The number of unbranched alkanes of at least 4 members (excludes halogenated alkanes) is 1. The van der Waals surface area contributed by atoms with E-state index in [-0.39, 0.29) is 18.5 Å². The molecule has 5 aromatic rings. The van der Waals surface area contributed by atoms with Crippen LogP contribution >= 0.6 is 11.9 Å². The number of esters is 1. The van der Waals surface area contributed by atoms with Gasteiger partial charge in [0.25, 0.3) is 5.56 Å². The second kappa shape index (κ2) is 12.9. The molecule has 0 saturated carbocycles. The molecule has 0 unspecified atom stereocenters. The van der Waals surface area contributed by atoms with Gasteiger partial charge in [0.15, 0.2) is 0 Å². The van der Waals surface area contributed by atoms with Crippen molar-refractivity contribution in [1.29, 1.82) is 0 Å². The van der Waals surface area contributed by atoms with E-state index in [2.05, 4.69) is 16.6 Å². The van der Waals surface area contributed by atoms with Crippen LogP contribution in [0.3, 0.4) is 0 Å². The lowest BCUT2D eigenvalue weighted by Crippen LogP contribution is -2.31. The summed E-state index contributed by atoms with van der Waals surface area (Å²) in [7, 11) is 1.31. The molecule has 0 aliphatic rings. The number of benzene rings is 2. The molecule has 5 rings (SSSR count). The van der Waals surface area contributed by atoms with Gasteiger partial charge in [-0.15, -0.1) is 0 Å². The molecule has 1 N–H and O–H groups in total. The summed E-state index contributed by atoms with van der Waals surface area (Å²) in [4.78, 5) is 31.5. The summed E-state index contributed by atoms with van der Waals surface area (Å²) in [6.07, 6.45) is 4.39. The van der Waals surface area contributed by atoms with Crippen molar-refractivity contribution in [3.63, 3.8) is 0 Å². The number of rotatable bonds is 11. The minimum Gasteiger partial charge on any atom is -0.469 e. The Labute approximate surface area is 254 Å². The first kappa shape index (κ1) is 30.1. The molecule has 3 heterocycles. The molecule has 0 bridgehead atoms. The third-order valence-corrected chi connectivity index (χ3v) is 8.49. The van der Waals surface area contributed by atoms with E-state index in [1.807, 2.05) is 61.7 Å². The number of methoxy groups -OCH3 is 1. The maximum absolute atomic E-state index is 13.8. The number of carbonyl (C=O) groups excluding carboxylic acids is 1. The van der Waals surface area contributed by atoms with Crippen molar-refractivity contribution in [3.05, 3.63) is 99.1 Å². The van der Waals surface area contributed by atoms with Gasteiger partial charge in [-0.25, -0.2) is 4.98 Å². The molecule has 0 atom stereocenters. The quantitative estimate of drug-likeness (QED) is 0.109. The van der Waals surface area contributed by atoms with Gasteiger partial charge in [0.05, 0.1) is 36.2 Å². The van der Waals surface area contributed by atoms with Crippen LogP contribution in [-0.2, 0) is 28.9 Å². The summed E-state index contributed by atoms with van der Waals surface area (Å²) < 4.78 is 14.9. The van der Waals surface area contributed by atoms with Crippen molar-refractivity contribution < 1.29 is 19.3 Å². The zero-order valence-corrected chi connectivity index (χ0v) is 25.8. The molecule has 0 aliphatic carbocycles. The van der Waals surface area contributed by atoms with Crippen LogP contribution in [0.25, 0.3) is 16.6 Å². The first-order valence-corrected chi connectivity index (χ1v) is 14.9. The third-order valence-electron chi connectivity index (χ3n) is 7.60. The summed E-state index contributed by atoms with van der Waals surface area (Å²) in [6.45, 7) is 7.79. The molecule has 0 amide bonds. The number of aromatic nitrogens is 4. The Morgan fingerprint density at radius 1 is 1.12 bits per heavy atom. The highest BCUT2D eigenvalue weighted by Gasteiger charge is 2.21. The lowest BCUT2D eigenvalue weighted by molar-refractivity contribution is -0.139. The standard InChI is InChI=1S/C32H35N5O5S/c1-6-7-16-29-33-21(3)25(17-30(38)41-5)32(39)36(29)19-23-18-35(26-13-9-8-12-24(23)26)27-14-10-11-15-28(27)43-37(40)31-20(2)22(4)42-34-31/h8-15,18,40H,6-7,16-17,19H2,1-5H3. The van der Waals surface area contributed by atoms with Crippen molar-refractivity contribution in [1.82, 2.24) is 19.3 Å². The molecular weight excluding hydrogens is 566 g/mol. The first-order valence-electron chi connectivity index (χ1n) is 14.2. The number of nitrogens with zero attached hydrogens (tertiary/aromatic N) is 5. The van der Waals surface area contributed by atoms with Gasteiger partial charge >= 0.3 is 5.97 Å². The van der Waals surface area contributed by atoms with E-state index < -0.39 is 5.97 Å². The van der Waals surface area contributed by atoms with Gasteiger partial charge in [0, 0.05) is 46.8 Å². The Hall–Kier alpha value is -4.35. The van der Waals surface area contributed by atoms with E-state index in [0.29, 0.717) is 35.1 Å². The molecule has 2 aromatic carbocycles. The van der Waals surface area contributed by atoms with Gasteiger partial charge < -0.3 is 13.8 Å². The minimum absolute atomic E-state index is 0.128. The second-order valence-electron chi connectivity index (χ2n) is 10.4. The fourth-order valence-electron chi connectivity index (χ4n) is 5.07. The van der Waals surface area contributed by atoms with Crippen molar-refractivity contribution in [2.45, 2.75) is 64.8 Å². The number of para-hydroxylation sites is 2. The molecule has 0 saturated heterocycles. The van der Waals surface area contributed by atoms with Gasteiger partial charge in [-0.2, -0.15) is 4.47 Å². The smallest absolute Gasteiger partial charge is 0.310 e. The normalized spacial score (nSPS) is 11.3. The fourth-order valence-corrected chi connectivity index (χ4v) is 5.91. The van der Waals surface area contributed by atoms with E-state index in [1.165, 1.54) is 7.11 Å². The average Bonchev–Trinajstić information content (AvgIpc) is 3.54. The SMILES string of the molecule is CCCCc1nc(C)c(CC(=O)OC)c(=O)n1Cc1cn(-c2ccccc2SN(O)c2noc(C)c2C)c2ccccc12. The molecule has 43 heavy (non-hydrogen) atoms. The number of anilines is 1. The number of ether oxygens (including phenoxy) is 1. The van der Waals surface area contributed by atoms with Crippen molar-refractivity contribution in [3.8, 4) is 5.69 Å². The van der Waals surface area contributed by atoms with Crippen molar-refractivity contribution >= 4 is 34.6 Å². The van der Waals surface area contributed by atoms with Crippen LogP contribution in [0.5, 0.6) is 0 Å². The predicted octanol–water partition coefficient (Wildman–Crippen LogP) is 6.11. The highest BCUT2D eigenvalue weighted by molar-refractivity contribution is 8.00. The molecule has 0 aliphatic heterocycles. The van der Waals surface area contributed by atoms with E-state index in [0.717, 1.165) is 61.9 Å². The zero-order valence-electron chi connectivity index (χ0n) is 25.0. The van der Waals surface area contributed by atoms with Gasteiger partial charge in [-0.05, 0) is 51.0 Å². The zero-order chi connectivity index (χ0) is 30.7. The maximum atomic E-state index is 13.8. The molecular formula is C32H35N5O5S. The van der Waals surface area contributed by atoms with Gasteiger partial charge in [0.2, 0.25) is 5.82 Å². The van der Waals surface area contributed by atoms with E-state index in [1.54, 1.807) is 18.4 Å². The van der Waals surface area contributed by atoms with Crippen molar-refractivity contribution in [2.24, 2.45) is 0 Å². The molecule has 10 nitrogen and oxygen atoms in total. The minimum atomic E-state index is -0.477. The van der Waals surface area contributed by atoms with Crippen LogP contribution in [0.4, 0.5) is 5.82 Å². The van der Waals surface area contributed by atoms with Crippen LogP contribution in [0.1, 0.15) is 53.7 Å². The van der Waals surface area contributed by atoms with Crippen LogP contribution in [0.15, 0.2) is 68.9 Å². The molecule has 0 radical (unpaired) electrons. The first-order chi connectivity index (χ1) is 20.7. The van der Waals surface area contributed by atoms with Crippen LogP contribution in [0.2, 0.25) is 0 Å². The maximum Gasteiger partial charge on any atom is 0.310 e. The summed E-state index contributed by atoms with van der Waals surface area (Å²) >= 11 is 1.13. The lowest BCUT2D eigenvalue weighted by atomic mass is 10.1. The monoisotopic (exact) mass is 601 g/mol. The van der Waals surface area contributed by atoms with Crippen molar-refractivity contribution in [2.75, 3.05) is 11.6 Å². The largest absolute Gasteiger partial charge is 0.469 e. The predicted molar refractivity (Wildman–Crippen MR) is 166 cm³/mol. The Kier molecular flexibility index (Phi) is 9.02. The van der Waals surface area contributed by atoms with Gasteiger partial charge in [-0.1, -0.05) is 48.8 Å². The van der Waals surface area contributed by atoms with E-state index in [9.17, 15) is 14.8 Å². The Bertz CT molecular complexity index is 1840. The number of hydrogen-bond acceptors (Lipinski definition) is 9.